The highest BCUT2D eigenvalue weighted by Gasteiger charge is 2.38. The Morgan fingerprint density at radius 2 is 1.22 bits per heavy atom. The molecule has 9 heteroatoms. The monoisotopic (exact) mass is 555 g/mol. The van der Waals surface area contributed by atoms with Crippen molar-refractivity contribution in [2.75, 3.05) is 6.54 Å². The van der Waals surface area contributed by atoms with Crippen LogP contribution in [0.3, 0.4) is 0 Å². The molecule has 1 saturated heterocycles. The lowest BCUT2D eigenvalue weighted by Crippen LogP contribution is -2.58. The molecule has 0 spiro atoms. The second-order valence-corrected chi connectivity index (χ2v) is 10.4. The first-order valence-corrected chi connectivity index (χ1v) is 13.9. The van der Waals surface area contributed by atoms with E-state index in [9.17, 15) is 19.2 Å². The van der Waals surface area contributed by atoms with Gasteiger partial charge in [-0.1, -0.05) is 91.0 Å². The molecule has 1 aliphatic heterocycles. The van der Waals surface area contributed by atoms with E-state index in [-0.39, 0.29) is 18.7 Å². The second-order valence-electron chi connectivity index (χ2n) is 10.4. The highest BCUT2D eigenvalue weighted by molar-refractivity contribution is 5.95. The van der Waals surface area contributed by atoms with Crippen LogP contribution in [-0.4, -0.2) is 59.2 Å². The Labute approximate surface area is 240 Å². The quantitative estimate of drug-likeness (QED) is 0.267. The molecule has 0 aliphatic carbocycles. The van der Waals surface area contributed by atoms with E-state index in [1.807, 2.05) is 91.0 Å². The molecular formula is C32H37N5O4. The molecule has 0 aromatic heterocycles. The number of benzene rings is 3. The molecule has 4 atom stereocenters. The summed E-state index contributed by atoms with van der Waals surface area (Å²) in [5.41, 5.74) is 14.5. The predicted molar refractivity (Wildman–Crippen MR) is 156 cm³/mol. The number of hydrogen-bond acceptors (Lipinski definition) is 5. The summed E-state index contributed by atoms with van der Waals surface area (Å²) < 4.78 is 0. The van der Waals surface area contributed by atoms with Gasteiger partial charge in [-0.05, 0) is 36.0 Å². The SMILES string of the molecule is NC(=O)[C@H](Cc1ccccc1)NC(=O)[C@H](Cc1ccccc1)NC(=O)[C@H]1CCCN1C(=O)[C@@H](N)Cc1ccccc1. The summed E-state index contributed by atoms with van der Waals surface area (Å²) in [6.45, 7) is 0.412. The Morgan fingerprint density at radius 1 is 0.732 bits per heavy atom. The maximum Gasteiger partial charge on any atom is 0.243 e. The smallest absolute Gasteiger partial charge is 0.243 e. The van der Waals surface area contributed by atoms with Gasteiger partial charge in [0.05, 0.1) is 6.04 Å². The van der Waals surface area contributed by atoms with Gasteiger partial charge in [0.2, 0.25) is 23.6 Å². The highest BCUT2D eigenvalue weighted by Crippen LogP contribution is 2.20. The van der Waals surface area contributed by atoms with E-state index < -0.39 is 41.9 Å². The molecule has 1 heterocycles. The van der Waals surface area contributed by atoms with Gasteiger partial charge in [-0.2, -0.15) is 0 Å². The fourth-order valence-electron chi connectivity index (χ4n) is 5.14. The highest BCUT2D eigenvalue weighted by atomic mass is 16.2. The molecule has 214 valence electrons. The summed E-state index contributed by atoms with van der Waals surface area (Å²) in [4.78, 5) is 54.0. The van der Waals surface area contributed by atoms with Crippen LogP contribution in [0.2, 0.25) is 0 Å². The number of carbonyl (C=O) groups excluding carboxylic acids is 4. The minimum Gasteiger partial charge on any atom is -0.368 e. The lowest BCUT2D eigenvalue weighted by atomic mass is 10.0. The van der Waals surface area contributed by atoms with Gasteiger partial charge in [-0.3, -0.25) is 19.2 Å². The van der Waals surface area contributed by atoms with Crippen molar-refractivity contribution in [3.8, 4) is 0 Å². The average molecular weight is 556 g/mol. The number of nitrogens with zero attached hydrogens (tertiary/aromatic N) is 1. The number of rotatable bonds is 12. The molecular weight excluding hydrogens is 518 g/mol. The first-order chi connectivity index (χ1) is 19.8. The summed E-state index contributed by atoms with van der Waals surface area (Å²) in [5, 5.41) is 5.58. The number of carbonyl (C=O) groups is 4. The van der Waals surface area contributed by atoms with Crippen LogP contribution in [-0.2, 0) is 38.4 Å². The minimum atomic E-state index is -0.988. The van der Waals surface area contributed by atoms with Crippen LogP contribution in [0.4, 0.5) is 0 Å². The third-order valence-electron chi connectivity index (χ3n) is 7.31. The van der Waals surface area contributed by atoms with Gasteiger partial charge >= 0.3 is 0 Å². The van der Waals surface area contributed by atoms with Crippen LogP contribution in [0.25, 0.3) is 0 Å². The molecule has 41 heavy (non-hydrogen) atoms. The predicted octanol–water partition coefficient (Wildman–Crippen LogP) is 1.49. The van der Waals surface area contributed by atoms with E-state index in [1.54, 1.807) is 0 Å². The maximum atomic E-state index is 13.5. The molecule has 4 amide bonds. The third-order valence-corrected chi connectivity index (χ3v) is 7.31. The zero-order valence-corrected chi connectivity index (χ0v) is 22.9. The van der Waals surface area contributed by atoms with Crippen molar-refractivity contribution in [1.82, 2.24) is 15.5 Å². The van der Waals surface area contributed by atoms with E-state index in [2.05, 4.69) is 10.6 Å². The average Bonchev–Trinajstić information content (AvgIpc) is 3.48. The second kappa shape index (κ2) is 14.2. The van der Waals surface area contributed by atoms with Gasteiger partial charge < -0.3 is 27.0 Å². The third kappa shape index (κ3) is 8.25. The molecule has 1 fully saturated rings. The number of hydrogen-bond donors (Lipinski definition) is 4. The minimum absolute atomic E-state index is 0.198. The largest absolute Gasteiger partial charge is 0.368 e. The van der Waals surface area contributed by atoms with Crippen LogP contribution in [0.5, 0.6) is 0 Å². The van der Waals surface area contributed by atoms with Gasteiger partial charge in [-0.15, -0.1) is 0 Å². The van der Waals surface area contributed by atoms with E-state index in [4.69, 9.17) is 11.5 Å². The van der Waals surface area contributed by atoms with Crippen LogP contribution in [0, 0.1) is 0 Å². The van der Waals surface area contributed by atoms with Crippen molar-refractivity contribution in [1.29, 1.82) is 0 Å². The lowest BCUT2D eigenvalue weighted by Gasteiger charge is -2.29. The molecule has 0 bridgehead atoms. The molecule has 6 N–H and O–H groups in total. The van der Waals surface area contributed by atoms with E-state index in [0.29, 0.717) is 25.8 Å². The van der Waals surface area contributed by atoms with Crippen molar-refractivity contribution in [3.05, 3.63) is 108 Å². The van der Waals surface area contributed by atoms with E-state index in [1.165, 1.54) is 4.90 Å². The van der Waals surface area contributed by atoms with E-state index in [0.717, 1.165) is 16.7 Å². The van der Waals surface area contributed by atoms with Crippen molar-refractivity contribution in [2.45, 2.75) is 56.3 Å². The van der Waals surface area contributed by atoms with Crippen molar-refractivity contribution in [2.24, 2.45) is 11.5 Å². The molecule has 3 aromatic rings. The van der Waals surface area contributed by atoms with Crippen molar-refractivity contribution >= 4 is 23.6 Å². The van der Waals surface area contributed by atoms with Crippen molar-refractivity contribution < 1.29 is 19.2 Å². The van der Waals surface area contributed by atoms with Gasteiger partial charge in [0, 0.05) is 19.4 Å². The molecule has 0 radical (unpaired) electrons. The fourth-order valence-corrected chi connectivity index (χ4v) is 5.14. The van der Waals surface area contributed by atoms with Gasteiger partial charge in [-0.25, -0.2) is 0 Å². The van der Waals surface area contributed by atoms with Gasteiger partial charge in [0.1, 0.15) is 18.1 Å². The van der Waals surface area contributed by atoms with E-state index >= 15 is 0 Å². The summed E-state index contributed by atoms with van der Waals surface area (Å²) in [6, 6.07) is 24.5. The number of primary amides is 1. The molecule has 3 aromatic carbocycles. The standard InChI is InChI=1S/C32H37N5O4/c33-25(19-22-11-4-1-5-12-22)32(41)37-18-10-17-28(37)31(40)36-27(21-24-15-8-3-9-16-24)30(39)35-26(29(34)38)20-23-13-6-2-7-14-23/h1-9,11-16,25-28H,10,17-21,33H2,(H2,34,38)(H,35,39)(H,36,40)/t25-,26-,27-,28+/m0/s1. The molecule has 0 unspecified atom stereocenters. The van der Waals surface area contributed by atoms with Crippen molar-refractivity contribution in [3.63, 3.8) is 0 Å². The number of nitrogens with two attached hydrogens (primary N) is 2. The van der Waals surface area contributed by atoms with Crippen LogP contribution < -0.4 is 22.1 Å². The first-order valence-electron chi connectivity index (χ1n) is 13.9. The molecule has 4 rings (SSSR count). The molecule has 1 aliphatic rings. The van der Waals surface area contributed by atoms with Crippen LogP contribution in [0.1, 0.15) is 29.5 Å². The summed E-state index contributed by atoms with van der Waals surface area (Å²) in [6.07, 6.45) is 1.90. The zero-order valence-electron chi connectivity index (χ0n) is 22.9. The zero-order chi connectivity index (χ0) is 29.2. The Morgan fingerprint density at radius 3 is 1.73 bits per heavy atom. The topological polar surface area (TPSA) is 148 Å². The number of likely N-dealkylation sites (tertiary alicyclic amines) is 1. The molecule has 0 saturated carbocycles. The Bertz CT molecular complexity index is 1320. The Balaban J connectivity index is 1.47. The van der Waals surface area contributed by atoms with Crippen LogP contribution >= 0.6 is 0 Å². The van der Waals surface area contributed by atoms with Crippen LogP contribution in [0.15, 0.2) is 91.0 Å². The molecule has 9 nitrogen and oxygen atoms in total. The Kier molecular flexibility index (Phi) is 10.2. The summed E-state index contributed by atoms with van der Waals surface area (Å²) >= 11 is 0. The normalized spacial score (nSPS) is 16.8. The fraction of sp³-hybridized carbons (Fsp3) is 0.312. The van der Waals surface area contributed by atoms with Gasteiger partial charge in [0.25, 0.3) is 0 Å². The number of amides is 4. The lowest BCUT2D eigenvalue weighted by molar-refractivity contribution is -0.140. The Hall–Kier alpha value is -4.50. The first kappa shape index (κ1) is 29.5. The maximum absolute atomic E-state index is 13.5. The summed E-state index contributed by atoms with van der Waals surface area (Å²) in [5.74, 6) is -1.93. The number of nitrogens with one attached hydrogen (secondary N) is 2. The van der Waals surface area contributed by atoms with Gasteiger partial charge in [0.15, 0.2) is 0 Å². The summed E-state index contributed by atoms with van der Waals surface area (Å²) in [7, 11) is 0.